The lowest BCUT2D eigenvalue weighted by Crippen LogP contribution is -1.96. The highest BCUT2D eigenvalue weighted by Gasteiger charge is 2.14. The van der Waals surface area contributed by atoms with E-state index < -0.39 is 0 Å². The van der Waals surface area contributed by atoms with E-state index in [0.717, 1.165) is 22.7 Å². The SMILES string of the molecule is Cc1cc2c(cc1NCS)OCO2. The van der Waals surface area contributed by atoms with Crippen LogP contribution in [0.5, 0.6) is 11.5 Å². The Morgan fingerprint density at radius 1 is 1.38 bits per heavy atom. The van der Waals surface area contributed by atoms with E-state index in [9.17, 15) is 0 Å². The van der Waals surface area contributed by atoms with Crippen LogP contribution in [-0.4, -0.2) is 12.7 Å². The quantitative estimate of drug-likeness (QED) is 0.561. The molecule has 0 bridgehead atoms. The van der Waals surface area contributed by atoms with Gasteiger partial charge in [-0.05, 0) is 18.6 Å². The van der Waals surface area contributed by atoms with Crippen LogP contribution in [0.15, 0.2) is 12.1 Å². The fourth-order valence-electron chi connectivity index (χ4n) is 1.32. The second kappa shape index (κ2) is 3.38. The van der Waals surface area contributed by atoms with Gasteiger partial charge in [0.25, 0.3) is 0 Å². The number of aryl methyl sites for hydroxylation is 1. The molecule has 1 aromatic carbocycles. The third-order valence-corrected chi connectivity index (χ3v) is 2.15. The van der Waals surface area contributed by atoms with Crippen molar-refractivity contribution in [2.75, 3.05) is 18.0 Å². The smallest absolute Gasteiger partial charge is 0.231 e. The number of anilines is 1. The molecule has 0 saturated heterocycles. The Hall–Kier alpha value is -1.03. The van der Waals surface area contributed by atoms with Crippen LogP contribution in [0.2, 0.25) is 0 Å². The first kappa shape index (κ1) is 8.56. The molecule has 0 aliphatic carbocycles. The third kappa shape index (κ3) is 1.54. The Morgan fingerprint density at radius 2 is 2.08 bits per heavy atom. The molecule has 1 aliphatic rings. The monoisotopic (exact) mass is 197 g/mol. The van der Waals surface area contributed by atoms with E-state index in [4.69, 9.17) is 9.47 Å². The maximum absolute atomic E-state index is 5.25. The van der Waals surface area contributed by atoms with Crippen LogP contribution >= 0.6 is 12.6 Å². The molecular formula is C9H11NO2S. The van der Waals surface area contributed by atoms with E-state index in [1.165, 1.54) is 0 Å². The number of benzene rings is 1. The van der Waals surface area contributed by atoms with Crippen molar-refractivity contribution in [1.29, 1.82) is 0 Å². The summed E-state index contributed by atoms with van der Waals surface area (Å²) in [5.74, 6) is 2.23. The normalized spacial score (nSPS) is 13.1. The summed E-state index contributed by atoms with van der Waals surface area (Å²) in [5, 5.41) is 3.13. The van der Waals surface area contributed by atoms with Gasteiger partial charge in [0.15, 0.2) is 11.5 Å². The largest absolute Gasteiger partial charge is 0.454 e. The van der Waals surface area contributed by atoms with Gasteiger partial charge in [-0.3, -0.25) is 0 Å². The fraction of sp³-hybridized carbons (Fsp3) is 0.333. The number of ether oxygens (including phenoxy) is 2. The van der Waals surface area contributed by atoms with Gasteiger partial charge in [0.1, 0.15) is 0 Å². The van der Waals surface area contributed by atoms with Gasteiger partial charge >= 0.3 is 0 Å². The molecule has 0 amide bonds. The molecule has 0 aromatic heterocycles. The molecule has 4 heteroatoms. The van der Waals surface area contributed by atoms with Crippen molar-refractivity contribution in [3.8, 4) is 11.5 Å². The Bertz CT molecular complexity index is 328. The highest BCUT2D eigenvalue weighted by molar-refractivity contribution is 7.80. The minimum absolute atomic E-state index is 0.319. The fourth-order valence-corrected chi connectivity index (χ4v) is 1.49. The summed E-state index contributed by atoms with van der Waals surface area (Å²) < 4.78 is 10.5. The summed E-state index contributed by atoms with van der Waals surface area (Å²) >= 11 is 4.10. The van der Waals surface area contributed by atoms with E-state index in [2.05, 4.69) is 17.9 Å². The van der Waals surface area contributed by atoms with Gasteiger partial charge in [-0.25, -0.2) is 0 Å². The Labute approximate surface area is 82.5 Å². The zero-order valence-electron chi connectivity index (χ0n) is 7.33. The van der Waals surface area contributed by atoms with Crippen LogP contribution in [0.1, 0.15) is 5.56 Å². The standard InChI is InChI=1S/C9H11NO2S/c1-6-2-8-9(12-5-11-8)3-7(6)10-4-13/h2-3,10,13H,4-5H2,1H3. The van der Waals surface area contributed by atoms with E-state index in [1.54, 1.807) is 0 Å². The molecule has 2 rings (SSSR count). The molecule has 0 fully saturated rings. The second-order valence-electron chi connectivity index (χ2n) is 2.86. The third-order valence-electron chi connectivity index (χ3n) is 1.99. The van der Waals surface area contributed by atoms with Crippen molar-refractivity contribution in [1.82, 2.24) is 0 Å². The van der Waals surface area contributed by atoms with Crippen LogP contribution in [0.3, 0.4) is 0 Å². The molecular weight excluding hydrogens is 186 g/mol. The highest BCUT2D eigenvalue weighted by Crippen LogP contribution is 2.36. The molecule has 0 spiro atoms. The molecule has 1 heterocycles. The lowest BCUT2D eigenvalue weighted by Gasteiger charge is -2.07. The van der Waals surface area contributed by atoms with Crippen LogP contribution in [0, 0.1) is 6.92 Å². The number of hydrogen-bond donors (Lipinski definition) is 2. The van der Waals surface area contributed by atoms with Gasteiger partial charge in [0.2, 0.25) is 6.79 Å². The summed E-state index contributed by atoms with van der Waals surface area (Å²) in [6.07, 6.45) is 0. The molecule has 1 N–H and O–H groups in total. The summed E-state index contributed by atoms with van der Waals surface area (Å²) in [6.45, 7) is 2.34. The Balaban J connectivity index is 2.37. The summed E-state index contributed by atoms with van der Waals surface area (Å²) in [5.41, 5.74) is 2.18. The average Bonchev–Trinajstić information content (AvgIpc) is 2.52. The van der Waals surface area contributed by atoms with Crippen LogP contribution in [-0.2, 0) is 0 Å². The van der Waals surface area contributed by atoms with E-state index in [1.807, 2.05) is 19.1 Å². The maximum Gasteiger partial charge on any atom is 0.231 e. The zero-order valence-corrected chi connectivity index (χ0v) is 8.23. The number of thiol groups is 1. The number of hydrogen-bond acceptors (Lipinski definition) is 4. The van der Waals surface area contributed by atoms with Crippen molar-refractivity contribution in [2.24, 2.45) is 0 Å². The van der Waals surface area contributed by atoms with Crippen molar-refractivity contribution < 1.29 is 9.47 Å². The van der Waals surface area contributed by atoms with Gasteiger partial charge in [-0.15, -0.1) is 0 Å². The molecule has 0 saturated carbocycles. The number of rotatable bonds is 2. The predicted octanol–water partition coefficient (Wildman–Crippen LogP) is 2.02. The van der Waals surface area contributed by atoms with Gasteiger partial charge in [-0.2, -0.15) is 12.6 Å². The van der Waals surface area contributed by atoms with Crippen molar-refractivity contribution >= 4 is 18.3 Å². The molecule has 0 unspecified atom stereocenters. The molecule has 1 aromatic rings. The minimum atomic E-state index is 0.319. The Morgan fingerprint density at radius 3 is 2.77 bits per heavy atom. The lowest BCUT2D eigenvalue weighted by molar-refractivity contribution is 0.174. The first-order valence-electron chi connectivity index (χ1n) is 4.06. The lowest BCUT2D eigenvalue weighted by atomic mass is 10.2. The summed E-state index contributed by atoms with van der Waals surface area (Å²) in [4.78, 5) is 0. The number of nitrogens with one attached hydrogen (secondary N) is 1. The van der Waals surface area contributed by atoms with Gasteiger partial charge in [0, 0.05) is 11.8 Å². The second-order valence-corrected chi connectivity index (χ2v) is 3.17. The van der Waals surface area contributed by atoms with Crippen molar-refractivity contribution in [3.05, 3.63) is 17.7 Å². The topological polar surface area (TPSA) is 30.5 Å². The molecule has 70 valence electrons. The summed E-state index contributed by atoms with van der Waals surface area (Å²) in [6, 6.07) is 3.90. The van der Waals surface area contributed by atoms with Crippen LogP contribution in [0.25, 0.3) is 0 Å². The van der Waals surface area contributed by atoms with Crippen molar-refractivity contribution in [3.63, 3.8) is 0 Å². The minimum Gasteiger partial charge on any atom is -0.454 e. The molecule has 0 radical (unpaired) electrons. The molecule has 3 nitrogen and oxygen atoms in total. The first-order chi connectivity index (χ1) is 6.31. The Kier molecular flexibility index (Phi) is 2.22. The summed E-state index contributed by atoms with van der Waals surface area (Å²) in [7, 11) is 0. The van der Waals surface area contributed by atoms with Crippen molar-refractivity contribution in [2.45, 2.75) is 6.92 Å². The van der Waals surface area contributed by atoms with Gasteiger partial charge < -0.3 is 14.8 Å². The van der Waals surface area contributed by atoms with E-state index in [0.29, 0.717) is 12.7 Å². The predicted molar refractivity (Wildman–Crippen MR) is 54.8 cm³/mol. The number of fused-ring (bicyclic) bond motifs is 1. The maximum atomic E-state index is 5.25. The first-order valence-corrected chi connectivity index (χ1v) is 4.69. The molecule has 13 heavy (non-hydrogen) atoms. The zero-order chi connectivity index (χ0) is 9.26. The van der Waals surface area contributed by atoms with E-state index >= 15 is 0 Å². The highest BCUT2D eigenvalue weighted by atomic mass is 32.1. The van der Waals surface area contributed by atoms with Crippen LogP contribution in [0.4, 0.5) is 5.69 Å². The molecule has 1 aliphatic heterocycles. The molecule has 0 atom stereocenters. The van der Waals surface area contributed by atoms with E-state index in [-0.39, 0.29) is 0 Å². The van der Waals surface area contributed by atoms with Gasteiger partial charge in [-0.1, -0.05) is 0 Å². The van der Waals surface area contributed by atoms with Crippen LogP contribution < -0.4 is 14.8 Å². The average molecular weight is 197 g/mol. The van der Waals surface area contributed by atoms with Gasteiger partial charge in [0.05, 0.1) is 5.88 Å².